The van der Waals surface area contributed by atoms with Crippen LogP contribution in [-0.2, 0) is 9.59 Å². The minimum absolute atomic E-state index is 0.0421. The summed E-state index contributed by atoms with van der Waals surface area (Å²) in [7, 11) is 0. The highest BCUT2D eigenvalue weighted by molar-refractivity contribution is 7.98. The molecule has 0 aromatic rings. The van der Waals surface area contributed by atoms with Gasteiger partial charge in [-0.1, -0.05) is 26.2 Å². The number of carbonyl (C=O) groups excluding carboxylic acids is 2. The summed E-state index contributed by atoms with van der Waals surface area (Å²) in [6.07, 6.45) is 9.26. The van der Waals surface area contributed by atoms with Crippen LogP contribution in [0.3, 0.4) is 0 Å². The van der Waals surface area contributed by atoms with Crippen LogP contribution < -0.4 is 5.32 Å². The Balaban J connectivity index is 2.14. The lowest BCUT2D eigenvalue weighted by molar-refractivity contribution is -0.137. The van der Waals surface area contributed by atoms with Crippen molar-refractivity contribution in [3.63, 3.8) is 0 Å². The first-order valence-corrected chi connectivity index (χ1v) is 9.65. The molecule has 0 spiro atoms. The normalized spacial score (nSPS) is 26.4. The van der Waals surface area contributed by atoms with Crippen molar-refractivity contribution in [1.29, 1.82) is 0 Å². The summed E-state index contributed by atoms with van der Waals surface area (Å²) in [4.78, 5) is 26.9. The van der Waals surface area contributed by atoms with Crippen molar-refractivity contribution in [2.24, 2.45) is 5.92 Å². The molecule has 1 heterocycles. The van der Waals surface area contributed by atoms with E-state index in [-0.39, 0.29) is 23.9 Å². The van der Waals surface area contributed by atoms with Crippen molar-refractivity contribution in [2.75, 3.05) is 18.6 Å². The van der Waals surface area contributed by atoms with Crippen molar-refractivity contribution < 1.29 is 9.59 Å². The van der Waals surface area contributed by atoms with Crippen LogP contribution in [0.25, 0.3) is 0 Å². The summed E-state index contributed by atoms with van der Waals surface area (Å²) >= 11 is 1.78. The second-order valence-electron chi connectivity index (χ2n) is 6.24. The van der Waals surface area contributed by atoms with Gasteiger partial charge in [0.05, 0.1) is 0 Å². The third-order valence-corrected chi connectivity index (χ3v) is 5.56. The Morgan fingerprint density at radius 2 is 2.00 bits per heavy atom. The summed E-state index contributed by atoms with van der Waals surface area (Å²) in [6.45, 7) is 2.71. The lowest BCUT2D eigenvalue weighted by Crippen LogP contribution is -2.52. The van der Waals surface area contributed by atoms with Crippen molar-refractivity contribution in [3.05, 3.63) is 0 Å². The molecule has 0 aromatic carbocycles. The van der Waals surface area contributed by atoms with Gasteiger partial charge in [0.15, 0.2) is 0 Å². The number of carbonyl (C=O) groups is 2. The first-order chi connectivity index (χ1) is 10.2. The van der Waals surface area contributed by atoms with E-state index < -0.39 is 0 Å². The number of thioether (sulfide) groups is 1. The number of nitrogens with one attached hydrogen (secondary N) is 1. The van der Waals surface area contributed by atoms with E-state index in [2.05, 4.69) is 18.5 Å². The van der Waals surface area contributed by atoms with Crippen LogP contribution in [0.4, 0.5) is 0 Å². The molecule has 120 valence electrons. The number of rotatable bonds is 5. The van der Waals surface area contributed by atoms with Gasteiger partial charge in [0.1, 0.15) is 6.04 Å². The molecule has 4 nitrogen and oxygen atoms in total. The Morgan fingerprint density at radius 1 is 1.29 bits per heavy atom. The first-order valence-electron chi connectivity index (χ1n) is 8.26. The molecule has 2 atom stereocenters. The van der Waals surface area contributed by atoms with Gasteiger partial charge in [0.2, 0.25) is 11.8 Å². The fourth-order valence-corrected chi connectivity index (χ4v) is 4.39. The van der Waals surface area contributed by atoms with Gasteiger partial charge in [-0.3, -0.25) is 9.59 Å². The maximum Gasteiger partial charge on any atom is 0.245 e. The molecule has 0 aromatic heterocycles. The summed E-state index contributed by atoms with van der Waals surface area (Å²) in [5.41, 5.74) is 0. The minimum atomic E-state index is -0.281. The molecular formula is C16H28N2O2S. The lowest BCUT2D eigenvalue weighted by atomic mass is 9.83. The van der Waals surface area contributed by atoms with Crippen LogP contribution in [0, 0.1) is 5.92 Å². The van der Waals surface area contributed by atoms with E-state index >= 15 is 0 Å². The van der Waals surface area contributed by atoms with Crippen LogP contribution in [0.2, 0.25) is 0 Å². The van der Waals surface area contributed by atoms with E-state index in [0.29, 0.717) is 18.9 Å². The van der Waals surface area contributed by atoms with E-state index in [1.54, 1.807) is 11.8 Å². The summed E-state index contributed by atoms with van der Waals surface area (Å²) in [6, 6.07) is -0.0255. The summed E-state index contributed by atoms with van der Waals surface area (Å²) in [5, 5.41) is 3.01. The molecule has 5 heteroatoms. The van der Waals surface area contributed by atoms with Gasteiger partial charge in [0.25, 0.3) is 0 Å². The van der Waals surface area contributed by atoms with Crippen LogP contribution in [0.15, 0.2) is 0 Å². The zero-order chi connectivity index (χ0) is 15.2. The molecule has 1 aliphatic heterocycles. The molecule has 1 saturated carbocycles. The van der Waals surface area contributed by atoms with Crippen molar-refractivity contribution in [1.82, 2.24) is 10.2 Å². The summed E-state index contributed by atoms with van der Waals surface area (Å²) < 4.78 is 0. The SMILES string of the molecule is CCC(CSC)N1CCC(=O)NC(C2CCCCC2)C1=O. The van der Waals surface area contributed by atoms with Crippen LogP contribution in [-0.4, -0.2) is 47.4 Å². The Kier molecular flexibility index (Phi) is 6.40. The molecule has 2 aliphatic rings. The van der Waals surface area contributed by atoms with E-state index in [0.717, 1.165) is 25.0 Å². The standard InChI is InChI=1S/C16H28N2O2S/c1-3-13(11-21-2)18-10-9-14(19)17-15(16(18)20)12-7-5-4-6-8-12/h12-13,15H,3-11H2,1-2H3,(H,17,19). The van der Waals surface area contributed by atoms with E-state index in [9.17, 15) is 9.59 Å². The molecule has 1 aliphatic carbocycles. The summed E-state index contributed by atoms with van der Waals surface area (Å²) in [5.74, 6) is 1.49. The smallest absolute Gasteiger partial charge is 0.245 e. The average molecular weight is 312 g/mol. The highest BCUT2D eigenvalue weighted by atomic mass is 32.2. The van der Waals surface area contributed by atoms with Gasteiger partial charge in [0, 0.05) is 24.8 Å². The molecule has 21 heavy (non-hydrogen) atoms. The molecule has 2 fully saturated rings. The van der Waals surface area contributed by atoms with Crippen LogP contribution in [0.1, 0.15) is 51.9 Å². The molecule has 0 bridgehead atoms. The highest BCUT2D eigenvalue weighted by Crippen LogP contribution is 2.29. The fourth-order valence-electron chi connectivity index (χ4n) is 3.59. The molecule has 2 rings (SSSR count). The lowest BCUT2D eigenvalue weighted by Gasteiger charge is -2.35. The molecular weight excluding hydrogens is 284 g/mol. The maximum absolute atomic E-state index is 13.0. The van der Waals surface area contributed by atoms with Crippen LogP contribution in [0.5, 0.6) is 0 Å². The molecule has 1 N–H and O–H groups in total. The van der Waals surface area contributed by atoms with E-state index in [1.807, 2.05) is 4.90 Å². The van der Waals surface area contributed by atoms with Crippen molar-refractivity contribution in [3.8, 4) is 0 Å². The second kappa shape index (κ2) is 8.06. The Bertz CT molecular complexity index is 369. The highest BCUT2D eigenvalue weighted by Gasteiger charge is 2.37. The van der Waals surface area contributed by atoms with Gasteiger partial charge in [-0.2, -0.15) is 11.8 Å². The number of hydrogen-bond acceptors (Lipinski definition) is 3. The molecule has 2 unspecified atom stereocenters. The second-order valence-corrected chi connectivity index (χ2v) is 7.15. The molecule has 2 amide bonds. The average Bonchev–Trinajstić information content (AvgIpc) is 2.65. The van der Waals surface area contributed by atoms with Crippen molar-refractivity contribution >= 4 is 23.6 Å². The van der Waals surface area contributed by atoms with Gasteiger partial charge in [-0.25, -0.2) is 0 Å². The van der Waals surface area contributed by atoms with Crippen molar-refractivity contribution in [2.45, 2.75) is 64.0 Å². The predicted octanol–water partition coefficient (Wildman–Crippen LogP) is 2.43. The fraction of sp³-hybridized carbons (Fsp3) is 0.875. The van der Waals surface area contributed by atoms with Crippen LogP contribution >= 0.6 is 11.8 Å². The quantitative estimate of drug-likeness (QED) is 0.848. The third-order valence-electron chi connectivity index (χ3n) is 4.84. The maximum atomic E-state index is 13.0. The zero-order valence-electron chi connectivity index (χ0n) is 13.3. The molecule has 1 saturated heterocycles. The van der Waals surface area contributed by atoms with E-state index in [1.165, 1.54) is 19.3 Å². The number of hydrogen-bond donors (Lipinski definition) is 1. The third kappa shape index (κ3) is 4.15. The number of nitrogens with zero attached hydrogens (tertiary/aromatic N) is 1. The first kappa shape index (κ1) is 16.7. The number of amides is 2. The predicted molar refractivity (Wildman–Crippen MR) is 87.3 cm³/mol. The minimum Gasteiger partial charge on any atom is -0.344 e. The molecule has 0 radical (unpaired) electrons. The van der Waals surface area contributed by atoms with Gasteiger partial charge < -0.3 is 10.2 Å². The largest absolute Gasteiger partial charge is 0.344 e. The topological polar surface area (TPSA) is 49.4 Å². The monoisotopic (exact) mass is 312 g/mol. The van der Waals surface area contributed by atoms with E-state index in [4.69, 9.17) is 0 Å². The Hall–Kier alpha value is -0.710. The Labute approximate surface area is 132 Å². The zero-order valence-corrected chi connectivity index (χ0v) is 14.1. The van der Waals surface area contributed by atoms with Gasteiger partial charge in [-0.05, 0) is 31.4 Å². The van der Waals surface area contributed by atoms with Gasteiger partial charge >= 0.3 is 0 Å². The van der Waals surface area contributed by atoms with Gasteiger partial charge in [-0.15, -0.1) is 0 Å². The Morgan fingerprint density at radius 3 is 2.62 bits per heavy atom.